The lowest BCUT2D eigenvalue weighted by atomic mass is 9.62. The Kier molecular flexibility index (Phi) is 4.47. The molecule has 0 spiro atoms. The summed E-state index contributed by atoms with van der Waals surface area (Å²) in [5, 5.41) is 22.1. The summed E-state index contributed by atoms with van der Waals surface area (Å²) in [6, 6.07) is 13.0. The van der Waals surface area contributed by atoms with E-state index in [4.69, 9.17) is 5.11 Å². The lowest BCUT2D eigenvalue weighted by molar-refractivity contribution is 0.171. The molecule has 0 atom stereocenters. The lowest BCUT2D eigenvalue weighted by Crippen LogP contribution is -2.52. The number of nitrogens with zero attached hydrogens (tertiary/aromatic N) is 1. The Morgan fingerprint density at radius 3 is 2.55 bits per heavy atom. The van der Waals surface area contributed by atoms with Gasteiger partial charge in [-0.3, -0.25) is 0 Å². The molecule has 2 N–H and O–H groups in total. The molecule has 0 aliphatic heterocycles. The van der Waals surface area contributed by atoms with E-state index in [1.54, 1.807) is 0 Å². The maximum Gasteiger partial charge on any atom is 0.0852 e. The summed E-state index contributed by atoms with van der Waals surface area (Å²) >= 11 is 0. The number of aliphatic hydroxyl groups is 1. The Balaban J connectivity index is 1.89. The van der Waals surface area contributed by atoms with Gasteiger partial charge >= 0.3 is 0 Å². The molecular formula is C17H24N2O. The molecule has 0 heterocycles. The van der Waals surface area contributed by atoms with Gasteiger partial charge in [0.15, 0.2) is 0 Å². The van der Waals surface area contributed by atoms with Gasteiger partial charge in [0, 0.05) is 19.2 Å². The van der Waals surface area contributed by atoms with Crippen LogP contribution in [-0.4, -0.2) is 24.3 Å². The first-order valence-corrected chi connectivity index (χ1v) is 7.32. The minimum absolute atomic E-state index is 0.104. The largest absolute Gasteiger partial charge is 0.396 e. The highest BCUT2D eigenvalue weighted by Crippen LogP contribution is 2.43. The van der Waals surface area contributed by atoms with Crippen molar-refractivity contribution in [2.75, 3.05) is 13.2 Å². The van der Waals surface area contributed by atoms with Gasteiger partial charge in [0.2, 0.25) is 0 Å². The Bertz CT molecular complexity index is 470. The summed E-state index contributed by atoms with van der Waals surface area (Å²) in [5.41, 5.74) is 0.932. The minimum atomic E-state index is -0.306. The van der Waals surface area contributed by atoms with Crippen molar-refractivity contribution in [1.82, 2.24) is 5.32 Å². The van der Waals surface area contributed by atoms with Gasteiger partial charge in [0.1, 0.15) is 0 Å². The van der Waals surface area contributed by atoms with Crippen molar-refractivity contribution in [3.05, 3.63) is 35.9 Å². The predicted molar refractivity (Wildman–Crippen MR) is 80.2 cm³/mol. The van der Waals surface area contributed by atoms with Crippen LogP contribution in [0.25, 0.3) is 0 Å². The summed E-state index contributed by atoms with van der Waals surface area (Å²) in [4.78, 5) is 0. The molecule has 1 aromatic rings. The van der Waals surface area contributed by atoms with E-state index in [9.17, 15) is 5.26 Å². The van der Waals surface area contributed by atoms with Gasteiger partial charge in [-0.25, -0.2) is 0 Å². The standard InChI is InChI=1S/C17H24N2O/c1-16(2,8-9-20)13-19-15-10-17(11-15,12-18)14-6-4-3-5-7-14/h3-7,15,19-20H,8-11,13H2,1-2H3. The Hall–Kier alpha value is -1.37. The van der Waals surface area contributed by atoms with E-state index in [0.29, 0.717) is 6.04 Å². The molecule has 0 bridgehead atoms. The molecule has 0 radical (unpaired) electrons. The number of nitriles is 1. The molecule has 1 fully saturated rings. The molecule has 0 unspecified atom stereocenters. The van der Waals surface area contributed by atoms with E-state index in [2.05, 4.69) is 37.4 Å². The number of benzene rings is 1. The van der Waals surface area contributed by atoms with Crippen LogP contribution in [0.3, 0.4) is 0 Å². The first-order chi connectivity index (χ1) is 9.51. The van der Waals surface area contributed by atoms with Crippen molar-refractivity contribution in [2.45, 2.75) is 44.6 Å². The van der Waals surface area contributed by atoms with Crippen molar-refractivity contribution in [3.8, 4) is 6.07 Å². The molecule has 0 aromatic heterocycles. The van der Waals surface area contributed by atoms with Crippen molar-refractivity contribution >= 4 is 0 Å². The summed E-state index contributed by atoms with van der Waals surface area (Å²) in [7, 11) is 0. The van der Waals surface area contributed by atoms with E-state index in [0.717, 1.165) is 31.4 Å². The molecule has 1 saturated carbocycles. The van der Waals surface area contributed by atoms with E-state index in [1.807, 2.05) is 18.2 Å². The van der Waals surface area contributed by atoms with E-state index in [1.165, 1.54) is 0 Å². The van der Waals surface area contributed by atoms with Crippen LogP contribution in [0, 0.1) is 16.7 Å². The van der Waals surface area contributed by atoms with Gasteiger partial charge in [0.25, 0.3) is 0 Å². The zero-order valence-corrected chi connectivity index (χ0v) is 12.4. The molecule has 0 amide bonds. The maximum atomic E-state index is 9.51. The average molecular weight is 272 g/mol. The number of nitrogens with one attached hydrogen (secondary N) is 1. The van der Waals surface area contributed by atoms with Crippen LogP contribution in [-0.2, 0) is 5.41 Å². The van der Waals surface area contributed by atoms with Gasteiger partial charge in [-0.2, -0.15) is 5.26 Å². The number of hydrogen-bond donors (Lipinski definition) is 2. The Morgan fingerprint density at radius 1 is 1.35 bits per heavy atom. The fraction of sp³-hybridized carbons (Fsp3) is 0.588. The molecule has 1 aliphatic rings. The highest BCUT2D eigenvalue weighted by molar-refractivity contribution is 5.36. The third kappa shape index (κ3) is 3.20. The zero-order chi connectivity index (χ0) is 14.6. The van der Waals surface area contributed by atoms with Gasteiger partial charge in [0.05, 0.1) is 11.5 Å². The zero-order valence-electron chi connectivity index (χ0n) is 12.4. The first-order valence-electron chi connectivity index (χ1n) is 7.32. The Labute approximate surface area is 121 Å². The maximum absolute atomic E-state index is 9.51. The molecule has 1 aromatic carbocycles. The van der Waals surface area contributed by atoms with Crippen molar-refractivity contribution in [1.29, 1.82) is 5.26 Å². The number of rotatable bonds is 6. The molecule has 1 aliphatic carbocycles. The molecule has 108 valence electrons. The van der Waals surface area contributed by atoms with Gasteiger partial charge < -0.3 is 10.4 Å². The summed E-state index contributed by atoms with van der Waals surface area (Å²) in [5.74, 6) is 0. The molecule has 0 saturated heterocycles. The third-order valence-corrected chi connectivity index (χ3v) is 4.39. The van der Waals surface area contributed by atoms with Crippen LogP contribution in [0.5, 0.6) is 0 Å². The lowest BCUT2D eigenvalue weighted by Gasteiger charge is -2.44. The summed E-state index contributed by atoms with van der Waals surface area (Å²) in [6.45, 7) is 5.42. The first kappa shape index (κ1) is 15.0. The van der Waals surface area contributed by atoms with Gasteiger partial charge in [-0.15, -0.1) is 0 Å². The third-order valence-electron chi connectivity index (χ3n) is 4.39. The monoisotopic (exact) mass is 272 g/mol. The van der Waals surface area contributed by atoms with Crippen molar-refractivity contribution in [2.24, 2.45) is 5.41 Å². The molecule has 3 nitrogen and oxygen atoms in total. The highest BCUT2D eigenvalue weighted by atomic mass is 16.3. The summed E-state index contributed by atoms with van der Waals surface area (Å²) in [6.07, 6.45) is 2.56. The van der Waals surface area contributed by atoms with Crippen LogP contribution in [0.15, 0.2) is 30.3 Å². The SMILES string of the molecule is CC(C)(CCO)CNC1CC(C#N)(c2ccccc2)C1. The second-order valence-electron chi connectivity index (χ2n) is 6.68. The van der Waals surface area contributed by atoms with E-state index < -0.39 is 0 Å². The van der Waals surface area contributed by atoms with E-state index >= 15 is 0 Å². The highest BCUT2D eigenvalue weighted by Gasteiger charge is 2.46. The summed E-state index contributed by atoms with van der Waals surface area (Å²) < 4.78 is 0. The second-order valence-corrected chi connectivity index (χ2v) is 6.68. The van der Waals surface area contributed by atoms with Crippen LogP contribution >= 0.6 is 0 Å². The fourth-order valence-corrected chi connectivity index (χ4v) is 2.89. The fourth-order valence-electron chi connectivity index (χ4n) is 2.89. The van der Waals surface area contributed by atoms with Crippen molar-refractivity contribution in [3.63, 3.8) is 0 Å². The Morgan fingerprint density at radius 2 is 2.00 bits per heavy atom. The van der Waals surface area contributed by atoms with Gasteiger partial charge in [-0.05, 0) is 30.2 Å². The van der Waals surface area contributed by atoms with Crippen molar-refractivity contribution < 1.29 is 5.11 Å². The predicted octanol–water partition coefficient (Wildman–Crippen LogP) is 2.61. The number of aliphatic hydroxyl groups excluding tert-OH is 1. The van der Waals surface area contributed by atoms with Crippen LogP contribution in [0.2, 0.25) is 0 Å². The molecule has 20 heavy (non-hydrogen) atoms. The van der Waals surface area contributed by atoms with Crippen LogP contribution < -0.4 is 5.32 Å². The molecule has 2 rings (SSSR count). The normalized spacial score (nSPS) is 25.8. The number of hydrogen-bond acceptors (Lipinski definition) is 3. The molecular weight excluding hydrogens is 248 g/mol. The topological polar surface area (TPSA) is 56.0 Å². The quantitative estimate of drug-likeness (QED) is 0.837. The van der Waals surface area contributed by atoms with E-state index in [-0.39, 0.29) is 17.4 Å². The minimum Gasteiger partial charge on any atom is -0.396 e. The van der Waals surface area contributed by atoms with Crippen LogP contribution in [0.4, 0.5) is 0 Å². The van der Waals surface area contributed by atoms with Crippen LogP contribution in [0.1, 0.15) is 38.7 Å². The molecule has 3 heteroatoms. The second kappa shape index (κ2) is 5.95. The van der Waals surface area contributed by atoms with Gasteiger partial charge in [-0.1, -0.05) is 44.2 Å². The smallest absolute Gasteiger partial charge is 0.0852 e. The average Bonchev–Trinajstić information content (AvgIpc) is 2.39.